The molecule has 0 spiro atoms. The average molecular weight is 183 g/mol. The van der Waals surface area contributed by atoms with Crippen molar-refractivity contribution in [2.45, 2.75) is 32.2 Å². The molecule has 1 aliphatic heterocycles. The van der Waals surface area contributed by atoms with Crippen LogP contribution in [0.3, 0.4) is 0 Å². The lowest BCUT2D eigenvalue weighted by Crippen LogP contribution is -2.48. The van der Waals surface area contributed by atoms with E-state index in [9.17, 15) is 9.59 Å². The van der Waals surface area contributed by atoms with Crippen molar-refractivity contribution in [2.24, 2.45) is 0 Å². The molecule has 1 atom stereocenters. The Kier molecular flexibility index (Phi) is 3.73. The Morgan fingerprint density at radius 1 is 1.62 bits per heavy atom. The monoisotopic (exact) mass is 183 g/mol. The maximum Gasteiger partial charge on any atom is 0.312 e. The van der Waals surface area contributed by atoms with Gasteiger partial charge in [0, 0.05) is 13.1 Å². The molecule has 0 aromatic rings. The summed E-state index contributed by atoms with van der Waals surface area (Å²) in [6, 6.07) is -0.286. The Bertz CT molecular complexity index is 194. The van der Waals surface area contributed by atoms with Gasteiger partial charge >= 0.3 is 6.41 Å². The van der Waals surface area contributed by atoms with Gasteiger partial charge in [-0.25, -0.2) is 0 Å². The largest absolute Gasteiger partial charge is 0.355 e. The molecular weight excluding hydrogens is 168 g/mol. The quantitative estimate of drug-likeness (QED) is 0.671. The van der Waals surface area contributed by atoms with Crippen LogP contribution >= 0.6 is 0 Å². The average Bonchev–Trinajstić information content (AvgIpc) is 2.18. The van der Waals surface area contributed by atoms with Gasteiger partial charge < -0.3 is 10.2 Å². The molecule has 73 valence electrons. The van der Waals surface area contributed by atoms with Crippen LogP contribution in [0.2, 0.25) is 0 Å². The number of carbonyl (C=O) groups excluding carboxylic acids is 2. The van der Waals surface area contributed by atoms with Crippen molar-refractivity contribution < 1.29 is 9.59 Å². The number of hydrogen-bond acceptors (Lipinski definition) is 2. The number of rotatable bonds is 3. The van der Waals surface area contributed by atoms with Gasteiger partial charge in [-0.15, -0.1) is 0 Å². The molecule has 0 saturated carbocycles. The molecule has 1 unspecified atom stereocenters. The first-order valence-corrected chi connectivity index (χ1v) is 4.71. The molecule has 1 radical (unpaired) electrons. The Morgan fingerprint density at radius 2 is 2.38 bits per heavy atom. The zero-order valence-electron chi connectivity index (χ0n) is 7.88. The minimum Gasteiger partial charge on any atom is -0.355 e. The minimum absolute atomic E-state index is 0.0504. The smallest absolute Gasteiger partial charge is 0.312 e. The van der Waals surface area contributed by atoms with E-state index in [4.69, 9.17) is 0 Å². The first-order chi connectivity index (χ1) is 6.29. The lowest BCUT2D eigenvalue weighted by atomic mass is 10.0. The molecule has 0 aliphatic carbocycles. The SMILES string of the molecule is CCNC(=O)C1CCCCN1[C]=O. The molecule has 1 fully saturated rings. The van der Waals surface area contributed by atoms with Crippen LogP contribution in [0.25, 0.3) is 0 Å². The topological polar surface area (TPSA) is 49.4 Å². The second kappa shape index (κ2) is 4.84. The van der Waals surface area contributed by atoms with E-state index in [1.807, 2.05) is 13.3 Å². The van der Waals surface area contributed by atoms with Gasteiger partial charge in [0.2, 0.25) is 5.91 Å². The minimum atomic E-state index is -0.286. The number of likely N-dealkylation sites (tertiary alicyclic amines) is 1. The van der Waals surface area contributed by atoms with E-state index in [-0.39, 0.29) is 11.9 Å². The van der Waals surface area contributed by atoms with Crippen LogP contribution in [0.1, 0.15) is 26.2 Å². The highest BCUT2D eigenvalue weighted by Crippen LogP contribution is 2.14. The van der Waals surface area contributed by atoms with E-state index in [0.29, 0.717) is 13.1 Å². The third-order valence-corrected chi connectivity index (χ3v) is 2.27. The van der Waals surface area contributed by atoms with Crippen molar-refractivity contribution in [3.05, 3.63) is 0 Å². The second-order valence-corrected chi connectivity index (χ2v) is 3.19. The summed E-state index contributed by atoms with van der Waals surface area (Å²) in [6.45, 7) is 3.14. The van der Waals surface area contributed by atoms with E-state index in [0.717, 1.165) is 19.3 Å². The van der Waals surface area contributed by atoms with Crippen LogP contribution < -0.4 is 5.32 Å². The van der Waals surface area contributed by atoms with Gasteiger partial charge in [0.1, 0.15) is 6.04 Å². The Labute approximate surface area is 78.3 Å². The van der Waals surface area contributed by atoms with Crippen LogP contribution in [0, 0.1) is 0 Å². The van der Waals surface area contributed by atoms with Crippen LogP contribution in [0.5, 0.6) is 0 Å². The molecule has 2 amide bonds. The summed E-state index contributed by atoms with van der Waals surface area (Å²) in [7, 11) is 0. The molecule has 0 aromatic carbocycles. The third-order valence-electron chi connectivity index (χ3n) is 2.27. The highest BCUT2D eigenvalue weighted by molar-refractivity contribution is 5.83. The van der Waals surface area contributed by atoms with Gasteiger partial charge in [0.15, 0.2) is 0 Å². The molecule has 13 heavy (non-hydrogen) atoms. The maximum atomic E-state index is 11.4. The Morgan fingerprint density at radius 3 is 3.00 bits per heavy atom. The van der Waals surface area contributed by atoms with E-state index in [1.165, 1.54) is 4.90 Å². The highest BCUT2D eigenvalue weighted by atomic mass is 16.2. The van der Waals surface area contributed by atoms with Gasteiger partial charge in [-0.2, -0.15) is 0 Å². The van der Waals surface area contributed by atoms with Crippen LogP contribution in [0.4, 0.5) is 0 Å². The molecular formula is C9H15N2O2. The van der Waals surface area contributed by atoms with Crippen molar-refractivity contribution in [1.29, 1.82) is 0 Å². The van der Waals surface area contributed by atoms with Crippen LogP contribution in [-0.4, -0.2) is 36.3 Å². The highest BCUT2D eigenvalue weighted by Gasteiger charge is 2.27. The van der Waals surface area contributed by atoms with Gasteiger partial charge in [-0.1, -0.05) is 0 Å². The number of likely N-dealkylation sites (N-methyl/N-ethyl adjacent to an activating group) is 1. The summed E-state index contributed by atoms with van der Waals surface area (Å²) in [5, 5.41) is 2.72. The van der Waals surface area contributed by atoms with E-state index < -0.39 is 0 Å². The zero-order chi connectivity index (χ0) is 9.68. The van der Waals surface area contributed by atoms with Gasteiger partial charge in [0.05, 0.1) is 0 Å². The summed E-state index contributed by atoms with van der Waals surface area (Å²) in [6.07, 6.45) is 4.57. The predicted octanol–water partition coefficient (Wildman–Crippen LogP) is 0.0442. The molecule has 1 N–H and O–H groups in total. The molecule has 0 bridgehead atoms. The number of nitrogens with one attached hydrogen (secondary N) is 1. The Balaban J connectivity index is 2.53. The van der Waals surface area contributed by atoms with Crippen molar-refractivity contribution in [3.8, 4) is 0 Å². The molecule has 0 aromatic heterocycles. The normalized spacial score (nSPS) is 22.5. The lowest BCUT2D eigenvalue weighted by molar-refractivity contribution is -0.125. The summed E-state index contributed by atoms with van der Waals surface area (Å²) < 4.78 is 0. The molecule has 1 saturated heterocycles. The Hall–Kier alpha value is -1.06. The van der Waals surface area contributed by atoms with Crippen molar-refractivity contribution in [2.75, 3.05) is 13.1 Å². The molecule has 1 aliphatic rings. The summed E-state index contributed by atoms with van der Waals surface area (Å²) in [5.41, 5.74) is 0. The lowest BCUT2D eigenvalue weighted by Gasteiger charge is -2.30. The van der Waals surface area contributed by atoms with Gasteiger partial charge in [-0.3, -0.25) is 9.59 Å². The van der Waals surface area contributed by atoms with E-state index in [2.05, 4.69) is 5.32 Å². The molecule has 1 rings (SSSR count). The molecule has 1 heterocycles. The van der Waals surface area contributed by atoms with Crippen LogP contribution in [0.15, 0.2) is 0 Å². The van der Waals surface area contributed by atoms with Crippen molar-refractivity contribution in [3.63, 3.8) is 0 Å². The number of piperidine rings is 1. The number of nitrogens with zero attached hydrogens (tertiary/aromatic N) is 1. The molecule has 4 nitrogen and oxygen atoms in total. The predicted molar refractivity (Wildman–Crippen MR) is 48.7 cm³/mol. The number of amides is 2. The second-order valence-electron chi connectivity index (χ2n) is 3.19. The maximum absolute atomic E-state index is 11.4. The van der Waals surface area contributed by atoms with E-state index >= 15 is 0 Å². The summed E-state index contributed by atoms with van der Waals surface area (Å²) in [4.78, 5) is 23.4. The van der Waals surface area contributed by atoms with Gasteiger partial charge in [-0.05, 0) is 26.2 Å². The standard InChI is InChI=1S/C9H15N2O2/c1-2-10-9(13)8-5-3-4-6-11(8)7-12/h8H,2-6H2,1H3,(H,10,13). The first kappa shape index (κ1) is 10.0. The zero-order valence-corrected chi connectivity index (χ0v) is 7.88. The fraction of sp³-hybridized carbons (Fsp3) is 0.778. The van der Waals surface area contributed by atoms with Crippen molar-refractivity contribution >= 4 is 12.3 Å². The third kappa shape index (κ3) is 2.44. The molecule has 4 heteroatoms. The fourth-order valence-corrected chi connectivity index (χ4v) is 1.61. The van der Waals surface area contributed by atoms with Crippen LogP contribution in [-0.2, 0) is 9.59 Å². The summed E-state index contributed by atoms with van der Waals surface area (Å²) in [5.74, 6) is -0.0504. The van der Waals surface area contributed by atoms with E-state index in [1.54, 1.807) is 0 Å². The fourth-order valence-electron chi connectivity index (χ4n) is 1.61. The number of carbonyl (C=O) groups is 1. The number of hydrogen-bond donors (Lipinski definition) is 1. The summed E-state index contributed by atoms with van der Waals surface area (Å²) >= 11 is 0. The first-order valence-electron chi connectivity index (χ1n) is 4.71. The van der Waals surface area contributed by atoms with Crippen molar-refractivity contribution in [1.82, 2.24) is 10.2 Å². The van der Waals surface area contributed by atoms with Gasteiger partial charge in [0.25, 0.3) is 0 Å².